The van der Waals surface area contributed by atoms with Crippen molar-refractivity contribution in [3.05, 3.63) is 29.8 Å². The lowest BCUT2D eigenvalue weighted by Gasteiger charge is -2.09. The van der Waals surface area contributed by atoms with Gasteiger partial charge in [0.15, 0.2) is 5.82 Å². The summed E-state index contributed by atoms with van der Waals surface area (Å²) in [6.45, 7) is 6.08. The molecule has 0 saturated heterocycles. The average Bonchev–Trinajstić information content (AvgIpc) is 2.94. The summed E-state index contributed by atoms with van der Waals surface area (Å²) in [5.41, 5.74) is 2.19. The highest BCUT2D eigenvalue weighted by molar-refractivity contribution is 7.99. The summed E-state index contributed by atoms with van der Waals surface area (Å²) < 4.78 is 0. The maximum atomic E-state index is 11.7. The molecule has 0 aliphatic rings. The first kappa shape index (κ1) is 15.6. The van der Waals surface area contributed by atoms with E-state index >= 15 is 0 Å². The smallest absolute Gasteiger partial charge is 0.230 e. The van der Waals surface area contributed by atoms with Crippen LogP contribution in [0.15, 0.2) is 29.4 Å². The molecule has 112 valence electrons. The summed E-state index contributed by atoms with van der Waals surface area (Å²) in [5.74, 6) is 1.06. The Morgan fingerprint density at radius 2 is 2.10 bits per heavy atom. The number of thioether (sulfide) groups is 1. The predicted octanol–water partition coefficient (Wildman–Crippen LogP) is 2.79. The number of carbonyl (C=O) groups excluding carboxylic acids is 1. The van der Waals surface area contributed by atoms with Crippen LogP contribution in [-0.4, -0.2) is 32.9 Å². The van der Waals surface area contributed by atoms with Crippen LogP contribution in [0.2, 0.25) is 0 Å². The van der Waals surface area contributed by atoms with E-state index < -0.39 is 0 Å². The first-order valence-corrected chi connectivity index (χ1v) is 7.98. The lowest BCUT2D eigenvalue weighted by Crippen LogP contribution is -2.33. The van der Waals surface area contributed by atoms with Crippen LogP contribution >= 0.6 is 11.8 Å². The Morgan fingerprint density at radius 1 is 1.38 bits per heavy atom. The summed E-state index contributed by atoms with van der Waals surface area (Å²) in [6.07, 6.45) is 0.925. The molecule has 2 aromatic rings. The molecule has 5 nitrogen and oxygen atoms in total. The van der Waals surface area contributed by atoms with Gasteiger partial charge in [-0.1, -0.05) is 48.5 Å². The van der Waals surface area contributed by atoms with Gasteiger partial charge in [0, 0.05) is 11.6 Å². The van der Waals surface area contributed by atoms with E-state index in [2.05, 4.69) is 20.5 Å². The monoisotopic (exact) mass is 304 g/mol. The Labute approximate surface area is 128 Å². The number of hydrogen-bond acceptors (Lipinski definition) is 4. The van der Waals surface area contributed by atoms with Gasteiger partial charge in [0.05, 0.1) is 5.75 Å². The van der Waals surface area contributed by atoms with Crippen molar-refractivity contribution in [2.24, 2.45) is 0 Å². The van der Waals surface area contributed by atoms with Crippen LogP contribution in [0.5, 0.6) is 0 Å². The minimum Gasteiger partial charge on any atom is -0.353 e. The van der Waals surface area contributed by atoms with Crippen LogP contribution in [0.1, 0.15) is 25.8 Å². The van der Waals surface area contributed by atoms with Gasteiger partial charge in [0.2, 0.25) is 11.1 Å². The number of hydrogen-bond donors (Lipinski definition) is 2. The number of nitrogens with one attached hydrogen (secondary N) is 2. The van der Waals surface area contributed by atoms with Crippen molar-refractivity contribution in [3.8, 4) is 11.4 Å². The van der Waals surface area contributed by atoms with E-state index in [1.807, 2.05) is 45.0 Å². The molecule has 0 fully saturated rings. The van der Waals surface area contributed by atoms with E-state index in [-0.39, 0.29) is 11.9 Å². The predicted molar refractivity (Wildman–Crippen MR) is 85.2 cm³/mol. The fraction of sp³-hybridized carbons (Fsp3) is 0.400. The first-order chi connectivity index (χ1) is 10.1. The fourth-order valence-electron chi connectivity index (χ4n) is 1.70. The van der Waals surface area contributed by atoms with Gasteiger partial charge in [-0.15, -0.1) is 5.10 Å². The van der Waals surface area contributed by atoms with Gasteiger partial charge in [-0.3, -0.25) is 9.89 Å². The van der Waals surface area contributed by atoms with Crippen molar-refractivity contribution in [2.45, 2.75) is 38.4 Å². The molecular formula is C15H20N4OS. The number of H-pyrrole nitrogens is 1. The Bertz CT molecular complexity index is 594. The molecule has 1 aromatic heterocycles. The van der Waals surface area contributed by atoms with E-state index in [4.69, 9.17) is 0 Å². The minimum absolute atomic E-state index is 0.0102. The molecule has 2 rings (SSSR count). The zero-order valence-electron chi connectivity index (χ0n) is 12.5. The number of amides is 1. The van der Waals surface area contributed by atoms with E-state index in [1.165, 1.54) is 17.3 Å². The molecule has 0 spiro atoms. The highest BCUT2D eigenvalue weighted by Gasteiger charge is 2.10. The van der Waals surface area contributed by atoms with Gasteiger partial charge in [-0.25, -0.2) is 4.98 Å². The van der Waals surface area contributed by atoms with Crippen LogP contribution in [-0.2, 0) is 4.79 Å². The third kappa shape index (κ3) is 4.60. The number of nitrogens with zero attached hydrogens (tertiary/aromatic N) is 2. The van der Waals surface area contributed by atoms with Gasteiger partial charge in [-0.2, -0.15) is 0 Å². The molecule has 0 unspecified atom stereocenters. The van der Waals surface area contributed by atoms with Crippen LogP contribution in [0.3, 0.4) is 0 Å². The molecule has 1 heterocycles. The molecule has 0 aliphatic carbocycles. The quantitative estimate of drug-likeness (QED) is 0.805. The number of aromatic amines is 1. The summed E-state index contributed by atoms with van der Waals surface area (Å²) in [7, 11) is 0. The molecule has 21 heavy (non-hydrogen) atoms. The summed E-state index contributed by atoms with van der Waals surface area (Å²) >= 11 is 1.33. The lowest BCUT2D eigenvalue weighted by atomic mass is 10.1. The van der Waals surface area contributed by atoms with Crippen LogP contribution in [0, 0.1) is 6.92 Å². The zero-order chi connectivity index (χ0) is 15.2. The molecule has 0 bridgehead atoms. The second kappa shape index (κ2) is 7.26. The molecular weight excluding hydrogens is 284 g/mol. The summed E-state index contributed by atoms with van der Waals surface area (Å²) in [5, 5.41) is 10.5. The van der Waals surface area contributed by atoms with E-state index in [9.17, 15) is 4.79 Å². The molecule has 0 saturated carbocycles. The minimum atomic E-state index is 0.0102. The SMILES string of the molecule is CC[C@H](C)NC(=O)CSc1n[nH]c(-c2ccc(C)cc2)n1. The molecule has 2 N–H and O–H groups in total. The Balaban J connectivity index is 1.91. The second-order valence-electron chi connectivity index (χ2n) is 5.00. The number of benzene rings is 1. The van der Waals surface area contributed by atoms with Gasteiger partial charge in [0.25, 0.3) is 0 Å². The van der Waals surface area contributed by atoms with Gasteiger partial charge in [0.1, 0.15) is 0 Å². The van der Waals surface area contributed by atoms with Crippen LogP contribution in [0.4, 0.5) is 0 Å². The molecule has 1 atom stereocenters. The maximum absolute atomic E-state index is 11.7. The lowest BCUT2D eigenvalue weighted by molar-refractivity contribution is -0.119. The number of rotatable bonds is 6. The van der Waals surface area contributed by atoms with E-state index in [1.54, 1.807) is 0 Å². The van der Waals surface area contributed by atoms with Crippen molar-refractivity contribution in [1.82, 2.24) is 20.5 Å². The maximum Gasteiger partial charge on any atom is 0.230 e. The van der Waals surface area contributed by atoms with Crippen molar-refractivity contribution >= 4 is 17.7 Å². The number of carbonyl (C=O) groups is 1. The number of aryl methyl sites for hydroxylation is 1. The van der Waals surface area contributed by atoms with E-state index in [0.717, 1.165) is 17.8 Å². The van der Waals surface area contributed by atoms with E-state index in [0.29, 0.717) is 10.9 Å². The molecule has 1 amide bonds. The number of aromatic nitrogens is 3. The highest BCUT2D eigenvalue weighted by Crippen LogP contribution is 2.19. The third-order valence-electron chi connectivity index (χ3n) is 3.14. The fourth-order valence-corrected chi connectivity index (χ4v) is 2.31. The van der Waals surface area contributed by atoms with Gasteiger partial charge < -0.3 is 5.32 Å². The average molecular weight is 304 g/mol. The Kier molecular flexibility index (Phi) is 5.38. The second-order valence-corrected chi connectivity index (χ2v) is 5.94. The van der Waals surface area contributed by atoms with Crippen molar-refractivity contribution < 1.29 is 4.79 Å². The van der Waals surface area contributed by atoms with Gasteiger partial charge >= 0.3 is 0 Å². The molecule has 6 heteroatoms. The Morgan fingerprint density at radius 3 is 2.76 bits per heavy atom. The molecule has 0 aliphatic heterocycles. The molecule has 1 aromatic carbocycles. The van der Waals surface area contributed by atoms with Crippen molar-refractivity contribution in [2.75, 3.05) is 5.75 Å². The zero-order valence-corrected chi connectivity index (χ0v) is 13.3. The Hall–Kier alpha value is -1.82. The summed E-state index contributed by atoms with van der Waals surface area (Å²) in [4.78, 5) is 16.1. The largest absolute Gasteiger partial charge is 0.353 e. The summed E-state index contributed by atoms with van der Waals surface area (Å²) in [6, 6.07) is 8.27. The first-order valence-electron chi connectivity index (χ1n) is 7.00. The van der Waals surface area contributed by atoms with Crippen LogP contribution in [0.25, 0.3) is 11.4 Å². The van der Waals surface area contributed by atoms with Gasteiger partial charge in [-0.05, 0) is 20.3 Å². The topological polar surface area (TPSA) is 70.7 Å². The standard InChI is InChI=1S/C15H20N4OS/c1-4-11(3)16-13(20)9-21-15-17-14(18-19-15)12-7-5-10(2)6-8-12/h5-8,11H,4,9H2,1-3H3,(H,16,20)(H,17,18,19)/t11-/m0/s1. The third-order valence-corrected chi connectivity index (χ3v) is 3.99. The highest BCUT2D eigenvalue weighted by atomic mass is 32.2. The molecule has 0 radical (unpaired) electrons. The van der Waals surface area contributed by atoms with Crippen LogP contribution < -0.4 is 5.32 Å². The van der Waals surface area contributed by atoms with Crippen molar-refractivity contribution in [1.29, 1.82) is 0 Å². The normalized spacial score (nSPS) is 12.1. The van der Waals surface area contributed by atoms with Crippen molar-refractivity contribution in [3.63, 3.8) is 0 Å².